The topological polar surface area (TPSA) is 50.9 Å². The van der Waals surface area contributed by atoms with Gasteiger partial charge < -0.3 is 5.11 Å². The summed E-state index contributed by atoms with van der Waals surface area (Å²) in [7, 11) is 0. The van der Waals surface area contributed by atoms with Gasteiger partial charge in [0.2, 0.25) is 0 Å². The van der Waals surface area contributed by atoms with E-state index >= 15 is 0 Å². The van der Waals surface area contributed by atoms with Crippen molar-refractivity contribution in [2.24, 2.45) is 5.41 Å². The van der Waals surface area contributed by atoms with Crippen molar-refractivity contribution in [3.63, 3.8) is 0 Å². The number of hydrogen-bond acceptors (Lipinski definition) is 3. The average Bonchev–Trinajstić information content (AvgIpc) is 2.78. The molecule has 1 aromatic rings. The van der Waals surface area contributed by atoms with E-state index < -0.39 is 5.60 Å². The Labute approximate surface area is 90.3 Å². The van der Waals surface area contributed by atoms with Gasteiger partial charge in [-0.3, -0.25) is 0 Å². The Morgan fingerprint density at radius 1 is 1.60 bits per heavy atom. The third kappa shape index (κ3) is 1.57. The van der Waals surface area contributed by atoms with Crippen molar-refractivity contribution in [3.8, 4) is 0 Å². The van der Waals surface area contributed by atoms with Gasteiger partial charge in [0.1, 0.15) is 5.60 Å². The van der Waals surface area contributed by atoms with E-state index in [2.05, 4.69) is 24.2 Å². The van der Waals surface area contributed by atoms with Gasteiger partial charge in [-0.15, -0.1) is 5.10 Å². The lowest BCUT2D eigenvalue weighted by Gasteiger charge is -2.30. The van der Waals surface area contributed by atoms with Crippen molar-refractivity contribution in [2.45, 2.75) is 52.2 Å². The summed E-state index contributed by atoms with van der Waals surface area (Å²) in [5, 5.41) is 18.5. The molecule has 15 heavy (non-hydrogen) atoms. The lowest BCUT2D eigenvalue weighted by atomic mass is 9.85. The first-order chi connectivity index (χ1) is 7.01. The van der Waals surface area contributed by atoms with Gasteiger partial charge in [0.25, 0.3) is 0 Å². The van der Waals surface area contributed by atoms with Gasteiger partial charge in [-0.1, -0.05) is 19.1 Å². The molecule has 0 bridgehead atoms. The molecule has 0 saturated heterocycles. The Hall–Kier alpha value is -0.900. The molecule has 1 aliphatic carbocycles. The highest BCUT2D eigenvalue weighted by atomic mass is 16.3. The molecule has 1 aliphatic rings. The predicted molar refractivity (Wildman–Crippen MR) is 57.2 cm³/mol. The van der Waals surface area contributed by atoms with Gasteiger partial charge in [-0.25, -0.2) is 4.68 Å². The normalized spacial score (nSPS) is 22.4. The van der Waals surface area contributed by atoms with Crippen LogP contribution in [-0.4, -0.2) is 20.1 Å². The van der Waals surface area contributed by atoms with Gasteiger partial charge in [-0.2, -0.15) is 0 Å². The number of aryl methyl sites for hydroxylation is 1. The fourth-order valence-corrected chi connectivity index (χ4v) is 2.00. The summed E-state index contributed by atoms with van der Waals surface area (Å²) in [5.41, 5.74) is 0.0654. The molecule has 1 fully saturated rings. The van der Waals surface area contributed by atoms with E-state index in [1.165, 1.54) is 0 Å². The number of aromatic nitrogens is 3. The highest BCUT2D eigenvalue weighted by molar-refractivity contribution is 5.17. The summed E-state index contributed by atoms with van der Waals surface area (Å²) in [6.45, 7) is 6.92. The van der Waals surface area contributed by atoms with Crippen LogP contribution in [0.1, 0.15) is 45.7 Å². The number of aliphatic hydroxyl groups is 1. The second-order valence-electron chi connectivity index (χ2n) is 4.98. The first kappa shape index (κ1) is 10.6. The Balaban J connectivity index is 2.31. The zero-order valence-corrected chi connectivity index (χ0v) is 9.69. The summed E-state index contributed by atoms with van der Waals surface area (Å²) in [6.07, 6.45) is 4.86. The predicted octanol–water partition coefficient (Wildman–Crippen LogP) is 1.70. The van der Waals surface area contributed by atoms with Crippen molar-refractivity contribution >= 4 is 0 Å². The van der Waals surface area contributed by atoms with Gasteiger partial charge >= 0.3 is 0 Å². The quantitative estimate of drug-likeness (QED) is 0.821. The maximum absolute atomic E-state index is 10.6. The molecule has 1 atom stereocenters. The molecule has 1 heterocycles. The fourth-order valence-electron chi connectivity index (χ4n) is 2.00. The molecule has 1 aromatic heterocycles. The van der Waals surface area contributed by atoms with Crippen LogP contribution in [0.5, 0.6) is 0 Å². The second kappa shape index (κ2) is 3.30. The van der Waals surface area contributed by atoms with Gasteiger partial charge in [0.05, 0.1) is 11.9 Å². The van der Waals surface area contributed by atoms with Crippen molar-refractivity contribution in [1.82, 2.24) is 15.0 Å². The lowest BCUT2D eigenvalue weighted by Crippen LogP contribution is -2.34. The third-order valence-corrected chi connectivity index (χ3v) is 3.73. The number of rotatable bonds is 4. The van der Waals surface area contributed by atoms with E-state index in [0.29, 0.717) is 0 Å². The van der Waals surface area contributed by atoms with Gasteiger partial charge in [0, 0.05) is 12.0 Å². The maximum Gasteiger partial charge on any atom is 0.110 e. The Kier molecular flexibility index (Phi) is 2.34. The van der Waals surface area contributed by atoms with Crippen molar-refractivity contribution < 1.29 is 5.11 Å². The van der Waals surface area contributed by atoms with Crippen LogP contribution in [-0.2, 0) is 12.1 Å². The molecule has 4 nitrogen and oxygen atoms in total. The molecule has 0 amide bonds. The molecule has 0 aromatic carbocycles. The van der Waals surface area contributed by atoms with Crippen LogP contribution in [0.3, 0.4) is 0 Å². The maximum atomic E-state index is 10.6. The summed E-state index contributed by atoms with van der Waals surface area (Å²) >= 11 is 0. The zero-order chi connectivity index (χ0) is 11.1. The van der Waals surface area contributed by atoms with Crippen LogP contribution in [0.25, 0.3) is 0 Å². The summed E-state index contributed by atoms with van der Waals surface area (Å²) in [4.78, 5) is 0. The largest absolute Gasteiger partial charge is 0.383 e. The molecule has 1 saturated carbocycles. The zero-order valence-electron chi connectivity index (χ0n) is 9.69. The van der Waals surface area contributed by atoms with E-state index in [0.717, 1.165) is 31.5 Å². The van der Waals surface area contributed by atoms with Gasteiger partial charge in [0.15, 0.2) is 0 Å². The molecular weight excluding hydrogens is 190 g/mol. The minimum atomic E-state index is -0.800. The molecule has 0 radical (unpaired) electrons. The number of hydrogen-bond donors (Lipinski definition) is 1. The smallest absolute Gasteiger partial charge is 0.110 e. The SMILES string of the molecule is CCCn1nncc1C(C)(O)C1(C)CC1. The molecule has 84 valence electrons. The van der Waals surface area contributed by atoms with E-state index in [1.54, 1.807) is 6.20 Å². The lowest BCUT2D eigenvalue weighted by molar-refractivity contribution is -0.0208. The Morgan fingerprint density at radius 3 is 2.80 bits per heavy atom. The minimum absolute atomic E-state index is 0.0141. The monoisotopic (exact) mass is 209 g/mol. The summed E-state index contributed by atoms with van der Waals surface area (Å²) in [5.74, 6) is 0. The van der Waals surface area contributed by atoms with Crippen LogP contribution in [0.2, 0.25) is 0 Å². The molecule has 1 N–H and O–H groups in total. The summed E-state index contributed by atoms with van der Waals surface area (Å²) in [6, 6.07) is 0. The second-order valence-corrected chi connectivity index (χ2v) is 4.98. The Morgan fingerprint density at radius 2 is 2.27 bits per heavy atom. The molecule has 4 heteroatoms. The molecule has 0 spiro atoms. The molecular formula is C11H19N3O. The van der Waals surface area contributed by atoms with Crippen molar-refractivity contribution in [3.05, 3.63) is 11.9 Å². The van der Waals surface area contributed by atoms with Crippen LogP contribution in [0.4, 0.5) is 0 Å². The van der Waals surface area contributed by atoms with Crippen molar-refractivity contribution in [1.29, 1.82) is 0 Å². The standard InChI is InChI=1S/C11H19N3O/c1-4-7-14-9(8-12-13-14)11(3,15)10(2)5-6-10/h8,15H,4-7H2,1-3H3. The highest BCUT2D eigenvalue weighted by Crippen LogP contribution is 2.57. The summed E-state index contributed by atoms with van der Waals surface area (Å²) < 4.78 is 1.82. The average molecular weight is 209 g/mol. The first-order valence-corrected chi connectivity index (χ1v) is 5.62. The van der Waals surface area contributed by atoms with Gasteiger partial charge in [-0.05, 0) is 26.2 Å². The first-order valence-electron chi connectivity index (χ1n) is 5.62. The van der Waals surface area contributed by atoms with Crippen LogP contribution in [0.15, 0.2) is 6.20 Å². The minimum Gasteiger partial charge on any atom is -0.383 e. The van der Waals surface area contributed by atoms with E-state index in [-0.39, 0.29) is 5.41 Å². The highest BCUT2D eigenvalue weighted by Gasteiger charge is 2.54. The third-order valence-electron chi connectivity index (χ3n) is 3.73. The Bertz CT molecular complexity index is 352. The molecule has 1 unspecified atom stereocenters. The number of nitrogens with zero attached hydrogens (tertiary/aromatic N) is 3. The van der Waals surface area contributed by atoms with Crippen LogP contribution in [0, 0.1) is 5.41 Å². The van der Waals surface area contributed by atoms with Crippen LogP contribution < -0.4 is 0 Å². The molecule has 2 rings (SSSR count). The van der Waals surface area contributed by atoms with Crippen LogP contribution >= 0.6 is 0 Å². The van der Waals surface area contributed by atoms with E-state index in [9.17, 15) is 5.11 Å². The van der Waals surface area contributed by atoms with E-state index in [4.69, 9.17) is 0 Å². The van der Waals surface area contributed by atoms with E-state index in [1.807, 2.05) is 11.6 Å². The fraction of sp³-hybridized carbons (Fsp3) is 0.818. The van der Waals surface area contributed by atoms with Crippen molar-refractivity contribution in [2.75, 3.05) is 0 Å². The molecule has 0 aliphatic heterocycles.